The molecule has 0 heterocycles. The Morgan fingerprint density at radius 2 is 1.68 bits per heavy atom. The Morgan fingerprint density at radius 1 is 1.00 bits per heavy atom. The number of aliphatic hydroxyl groups is 1. The molecule has 1 N–H and O–H groups in total. The number of carbonyl (C=O) groups excluding carboxylic acids is 1. The third kappa shape index (κ3) is 3.66. The molecule has 19 heavy (non-hydrogen) atoms. The van der Waals surface area contributed by atoms with E-state index in [1.807, 2.05) is 30.3 Å². The van der Waals surface area contributed by atoms with Crippen LogP contribution in [-0.4, -0.2) is 24.5 Å². The Bertz CT molecular complexity index is 508. The summed E-state index contributed by atoms with van der Waals surface area (Å²) < 4.78 is 0. The van der Waals surface area contributed by atoms with Gasteiger partial charge in [0.05, 0.1) is 6.61 Å². The molecule has 2 rings (SSSR count). The minimum atomic E-state index is 0.0995. The Hall–Kier alpha value is -2.13. The van der Waals surface area contributed by atoms with Gasteiger partial charge in [0.25, 0.3) is 0 Å². The second-order valence-corrected chi connectivity index (χ2v) is 4.34. The second kappa shape index (κ2) is 6.71. The third-order valence-electron chi connectivity index (χ3n) is 2.98. The molecule has 3 heteroatoms. The van der Waals surface area contributed by atoms with Gasteiger partial charge in [-0.1, -0.05) is 30.3 Å². The van der Waals surface area contributed by atoms with E-state index in [9.17, 15) is 9.90 Å². The summed E-state index contributed by atoms with van der Waals surface area (Å²) in [5.41, 5.74) is 2.85. The molecule has 2 aromatic carbocycles. The number of nitrogens with zero attached hydrogens (tertiary/aromatic N) is 1. The van der Waals surface area contributed by atoms with E-state index in [-0.39, 0.29) is 6.61 Å². The number of carbonyl (C=O) groups is 1. The van der Waals surface area contributed by atoms with Crippen LogP contribution < -0.4 is 4.90 Å². The first-order valence-electron chi connectivity index (χ1n) is 6.28. The summed E-state index contributed by atoms with van der Waals surface area (Å²) in [6.07, 6.45) is 0.831. The second-order valence-electron chi connectivity index (χ2n) is 4.34. The smallest absolute Gasteiger partial charge is 0.150 e. The van der Waals surface area contributed by atoms with E-state index in [1.165, 1.54) is 5.56 Å². The first kappa shape index (κ1) is 13.3. The Balaban J connectivity index is 2.16. The van der Waals surface area contributed by atoms with Crippen LogP contribution in [-0.2, 0) is 6.54 Å². The van der Waals surface area contributed by atoms with Crippen LogP contribution in [0.25, 0.3) is 0 Å². The number of aldehydes is 1. The lowest BCUT2D eigenvalue weighted by molar-refractivity contribution is 0.112. The summed E-state index contributed by atoms with van der Waals surface area (Å²) in [5.74, 6) is 0. The largest absolute Gasteiger partial charge is 0.395 e. The minimum absolute atomic E-state index is 0.0995. The van der Waals surface area contributed by atoms with Gasteiger partial charge >= 0.3 is 0 Å². The number of hydrogen-bond acceptors (Lipinski definition) is 3. The van der Waals surface area contributed by atoms with E-state index in [4.69, 9.17) is 0 Å². The maximum absolute atomic E-state index is 10.7. The molecule has 0 saturated carbocycles. The van der Waals surface area contributed by atoms with Crippen LogP contribution in [0, 0.1) is 0 Å². The average Bonchev–Trinajstić information content (AvgIpc) is 2.48. The van der Waals surface area contributed by atoms with Crippen molar-refractivity contribution in [3.8, 4) is 0 Å². The van der Waals surface area contributed by atoms with Gasteiger partial charge in [-0.15, -0.1) is 0 Å². The van der Waals surface area contributed by atoms with Crippen LogP contribution in [0.5, 0.6) is 0 Å². The van der Waals surface area contributed by atoms with Crippen molar-refractivity contribution in [2.24, 2.45) is 0 Å². The fourth-order valence-corrected chi connectivity index (χ4v) is 1.99. The summed E-state index contributed by atoms with van der Waals surface area (Å²) in [6, 6.07) is 17.5. The Labute approximate surface area is 113 Å². The average molecular weight is 255 g/mol. The zero-order valence-electron chi connectivity index (χ0n) is 10.7. The molecule has 0 aliphatic carbocycles. The highest BCUT2D eigenvalue weighted by Crippen LogP contribution is 2.17. The van der Waals surface area contributed by atoms with Crippen molar-refractivity contribution in [1.29, 1.82) is 0 Å². The van der Waals surface area contributed by atoms with Gasteiger partial charge in [0.1, 0.15) is 6.29 Å². The molecular weight excluding hydrogens is 238 g/mol. The molecule has 0 unspecified atom stereocenters. The lowest BCUT2D eigenvalue weighted by atomic mass is 10.1. The van der Waals surface area contributed by atoms with Gasteiger partial charge in [0.2, 0.25) is 0 Å². The molecule has 98 valence electrons. The molecule has 0 atom stereocenters. The molecular formula is C16H17NO2. The van der Waals surface area contributed by atoms with Crippen LogP contribution in [0.1, 0.15) is 15.9 Å². The lowest BCUT2D eigenvalue weighted by Crippen LogP contribution is -2.26. The molecule has 0 aromatic heterocycles. The van der Waals surface area contributed by atoms with Gasteiger partial charge in [0.15, 0.2) is 0 Å². The lowest BCUT2D eigenvalue weighted by Gasteiger charge is -2.24. The van der Waals surface area contributed by atoms with Crippen molar-refractivity contribution in [1.82, 2.24) is 0 Å². The predicted octanol–water partition coefficient (Wildman–Crippen LogP) is 2.50. The molecule has 3 nitrogen and oxygen atoms in total. The van der Waals surface area contributed by atoms with E-state index in [2.05, 4.69) is 17.0 Å². The SMILES string of the molecule is O=Cc1ccc(N(CCO)Cc2ccccc2)cc1. The maximum Gasteiger partial charge on any atom is 0.150 e. The number of benzene rings is 2. The predicted molar refractivity (Wildman–Crippen MR) is 76.4 cm³/mol. The highest BCUT2D eigenvalue weighted by atomic mass is 16.3. The van der Waals surface area contributed by atoms with E-state index in [1.54, 1.807) is 12.1 Å². The molecule has 0 bridgehead atoms. The molecule has 0 fully saturated rings. The Kier molecular flexibility index (Phi) is 4.70. The fourth-order valence-electron chi connectivity index (χ4n) is 1.99. The summed E-state index contributed by atoms with van der Waals surface area (Å²) in [6.45, 7) is 1.40. The maximum atomic E-state index is 10.7. The van der Waals surface area contributed by atoms with Crippen LogP contribution in [0.2, 0.25) is 0 Å². The van der Waals surface area contributed by atoms with Gasteiger partial charge in [0, 0.05) is 24.3 Å². The van der Waals surface area contributed by atoms with Gasteiger partial charge in [-0.2, -0.15) is 0 Å². The molecule has 0 amide bonds. The van der Waals surface area contributed by atoms with Crippen molar-refractivity contribution in [3.63, 3.8) is 0 Å². The summed E-state index contributed by atoms with van der Waals surface area (Å²) >= 11 is 0. The van der Waals surface area contributed by atoms with Crippen LogP contribution in [0.3, 0.4) is 0 Å². The standard InChI is InChI=1S/C16H17NO2/c18-11-10-17(12-14-4-2-1-3-5-14)16-8-6-15(13-19)7-9-16/h1-9,13,18H,10-12H2. The van der Waals surface area contributed by atoms with Crippen molar-refractivity contribution < 1.29 is 9.90 Å². The molecule has 0 saturated heterocycles. The minimum Gasteiger partial charge on any atom is -0.395 e. The number of hydrogen-bond donors (Lipinski definition) is 1. The summed E-state index contributed by atoms with van der Waals surface area (Å²) in [4.78, 5) is 12.7. The monoisotopic (exact) mass is 255 g/mol. The molecule has 0 aliphatic rings. The molecule has 0 radical (unpaired) electrons. The first-order chi connectivity index (χ1) is 9.33. The van der Waals surface area contributed by atoms with E-state index in [0.29, 0.717) is 12.1 Å². The quantitative estimate of drug-likeness (QED) is 0.806. The summed E-state index contributed by atoms with van der Waals surface area (Å²) in [7, 11) is 0. The highest BCUT2D eigenvalue weighted by molar-refractivity contribution is 5.75. The zero-order chi connectivity index (χ0) is 13.5. The van der Waals surface area contributed by atoms with Gasteiger partial charge in [-0.05, 0) is 29.8 Å². The molecule has 0 spiro atoms. The normalized spacial score (nSPS) is 10.2. The first-order valence-corrected chi connectivity index (χ1v) is 6.28. The van der Waals surface area contributed by atoms with E-state index in [0.717, 1.165) is 18.5 Å². The van der Waals surface area contributed by atoms with Gasteiger partial charge in [-0.3, -0.25) is 4.79 Å². The zero-order valence-corrected chi connectivity index (χ0v) is 10.7. The summed E-state index contributed by atoms with van der Waals surface area (Å²) in [5, 5.41) is 9.18. The molecule has 0 aliphatic heterocycles. The number of aliphatic hydroxyl groups excluding tert-OH is 1. The van der Waals surface area contributed by atoms with Crippen LogP contribution >= 0.6 is 0 Å². The third-order valence-corrected chi connectivity index (χ3v) is 2.98. The molecule has 2 aromatic rings. The van der Waals surface area contributed by atoms with Gasteiger partial charge < -0.3 is 10.0 Å². The number of rotatable bonds is 6. The Morgan fingerprint density at radius 3 is 2.26 bits per heavy atom. The fraction of sp³-hybridized carbons (Fsp3) is 0.188. The van der Waals surface area contributed by atoms with Crippen molar-refractivity contribution in [3.05, 3.63) is 65.7 Å². The van der Waals surface area contributed by atoms with Crippen molar-refractivity contribution >= 4 is 12.0 Å². The highest BCUT2D eigenvalue weighted by Gasteiger charge is 2.06. The van der Waals surface area contributed by atoms with Crippen molar-refractivity contribution in [2.75, 3.05) is 18.1 Å². The van der Waals surface area contributed by atoms with E-state index >= 15 is 0 Å². The van der Waals surface area contributed by atoms with Crippen molar-refractivity contribution in [2.45, 2.75) is 6.54 Å². The van der Waals surface area contributed by atoms with E-state index < -0.39 is 0 Å². The van der Waals surface area contributed by atoms with Gasteiger partial charge in [-0.25, -0.2) is 0 Å². The number of anilines is 1. The van der Waals surface area contributed by atoms with Crippen LogP contribution in [0.4, 0.5) is 5.69 Å². The van der Waals surface area contributed by atoms with Crippen LogP contribution in [0.15, 0.2) is 54.6 Å². The topological polar surface area (TPSA) is 40.5 Å².